The molecule has 0 bridgehead atoms. The summed E-state index contributed by atoms with van der Waals surface area (Å²) in [7, 11) is 0. The molecule has 1 aromatic heterocycles. The summed E-state index contributed by atoms with van der Waals surface area (Å²) in [5, 5.41) is 0. The van der Waals surface area contributed by atoms with Gasteiger partial charge < -0.3 is 0 Å². The van der Waals surface area contributed by atoms with Crippen LogP contribution >= 0.6 is 0 Å². The molecule has 0 atom stereocenters. The van der Waals surface area contributed by atoms with Gasteiger partial charge in [0, 0.05) is 18.0 Å². The van der Waals surface area contributed by atoms with Crippen LogP contribution in [0.4, 0.5) is 30.7 Å². The molecule has 0 spiro atoms. The van der Waals surface area contributed by atoms with Gasteiger partial charge in [-0.2, -0.15) is 26.3 Å². The summed E-state index contributed by atoms with van der Waals surface area (Å²) in [4.78, 5) is 5.60. The highest BCUT2D eigenvalue weighted by Gasteiger charge is 2.73. The topological polar surface area (TPSA) is 25.8 Å². The first kappa shape index (κ1) is 12.7. The van der Waals surface area contributed by atoms with E-state index in [1.807, 2.05) is 0 Å². The summed E-state index contributed by atoms with van der Waals surface area (Å²) in [6.07, 6.45) is -10.4. The van der Waals surface area contributed by atoms with Crippen molar-refractivity contribution in [2.24, 2.45) is 0 Å². The molecule has 0 saturated carbocycles. The van der Waals surface area contributed by atoms with Crippen molar-refractivity contribution in [2.75, 3.05) is 0 Å². The predicted molar refractivity (Wildman–Crippen MR) is 35.8 cm³/mol. The average Bonchev–Trinajstić information content (AvgIpc) is 2.14. The number of halogens is 7. The Morgan fingerprint density at radius 1 is 0.812 bits per heavy atom. The van der Waals surface area contributed by atoms with Crippen LogP contribution in [0.3, 0.4) is 0 Å². The minimum absolute atomic E-state index is 0.0774. The minimum Gasteiger partial charge on any atom is -0.233 e. The third-order valence-corrected chi connectivity index (χ3v) is 1.70. The van der Waals surface area contributed by atoms with Crippen LogP contribution in [-0.2, 0) is 5.67 Å². The van der Waals surface area contributed by atoms with Crippen LogP contribution in [0.2, 0.25) is 0 Å². The van der Waals surface area contributed by atoms with Crippen LogP contribution in [0.25, 0.3) is 0 Å². The van der Waals surface area contributed by atoms with E-state index in [9.17, 15) is 30.7 Å². The first-order valence-electron chi connectivity index (χ1n) is 3.61. The van der Waals surface area contributed by atoms with Gasteiger partial charge in [0.1, 0.15) is 0 Å². The van der Waals surface area contributed by atoms with Crippen molar-refractivity contribution in [3.63, 3.8) is 0 Å². The van der Waals surface area contributed by atoms with Gasteiger partial charge in [-0.1, -0.05) is 0 Å². The van der Waals surface area contributed by atoms with Gasteiger partial charge in [-0.15, -0.1) is 0 Å². The van der Waals surface area contributed by atoms with Crippen LogP contribution in [0.5, 0.6) is 0 Å². The Labute approximate surface area is 84.1 Å². The highest BCUT2D eigenvalue weighted by molar-refractivity contribution is 5.20. The van der Waals surface area contributed by atoms with Crippen LogP contribution < -0.4 is 0 Å². The first-order valence-corrected chi connectivity index (χ1v) is 3.61. The number of aromatic nitrogens is 2. The van der Waals surface area contributed by atoms with Gasteiger partial charge in [0.25, 0.3) is 0 Å². The van der Waals surface area contributed by atoms with Gasteiger partial charge in [0.2, 0.25) is 0 Å². The lowest BCUT2D eigenvalue weighted by atomic mass is 9.97. The molecule has 0 aliphatic rings. The molecule has 2 nitrogen and oxygen atoms in total. The van der Waals surface area contributed by atoms with Crippen molar-refractivity contribution >= 4 is 0 Å². The van der Waals surface area contributed by atoms with Gasteiger partial charge in [-0.25, -0.2) is 14.4 Å². The summed E-state index contributed by atoms with van der Waals surface area (Å²) in [6, 6.07) is 0. The zero-order valence-corrected chi connectivity index (χ0v) is 7.19. The maximum absolute atomic E-state index is 13.2. The van der Waals surface area contributed by atoms with Crippen molar-refractivity contribution in [1.82, 2.24) is 9.97 Å². The molecule has 1 radical (unpaired) electrons. The van der Waals surface area contributed by atoms with E-state index in [2.05, 4.69) is 9.97 Å². The van der Waals surface area contributed by atoms with E-state index in [1.165, 1.54) is 0 Å². The molecule has 9 heteroatoms. The van der Waals surface area contributed by atoms with Gasteiger partial charge in [0.05, 0.1) is 0 Å². The Kier molecular flexibility index (Phi) is 2.82. The highest BCUT2D eigenvalue weighted by Crippen LogP contribution is 2.52. The van der Waals surface area contributed by atoms with Gasteiger partial charge >= 0.3 is 18.0 Å². The molecular weight excluding hydrogens is 245 g/mol. The summed E-state index contributed by atoms with van der Waals surface area (Å²) in [6.45, 7) is 0. The molecule has 0 N–H and O–H groups in total. The number of hydrogen-bond donors (Lipinski definition) is 0. The van der Waals surface area contributed by atoms with Crippen molar-refractivity contribution in [3.05, 3.63) is 24.3 Å². The Morgan fingerprint density at radius 3 is 1.50 bits per heavy atom. The zero-order chi connectivity index (χ0) is 12.6. The maximum Gasteiger partial charge on any atom is 0.436 e. The van der Waals surface area contributed by atoms with Crippen molar-refractivity contribution < 1.29 is 30.7 Å². The fraction of sp³-hybridized carbons (Fsp3) is 0.429. The lowest BCUT2D eigenvalue weighted by molar-refractivity contribution is -0.348. The second kappa shape index (κ2) is 3.56. The molecule has 0 aromatic carbocycles. The van der Waals surface area contributed by atoms with Crippen LogP contribution in [0.1, 0.15) is 5.56 Å². The van der Waals surface area contributed by atoms with Gasteiger partial charge in [0.15, 0.2) is 6.33 Å². The second-order valence-electron chi connectivity index (χ2n) is 2.73. The highest BCUT2D eigenvalue weighted by atomic mass is 19.4. The zero-order valence-electron chi connectivity index (χ0n) is 7.19. The summed E-state index contributed by atoms with van der Waals surface area (Å²) >= 11 is 0. The Morgan fingerprint density at radius 2 is 1.19 bits per heavy atom. The minimum atomic E-state index is -6.14. The van der Waals surface area contributed by atoms with Crippen LogP contribution in [-0.4, -0.2) is 22.3 Å². The summed E-state index contributed by atoms with van der Waals surface area (Å²) in [5.74, 6) is 0. The van der Waals surface area contributed by atoms with E-state index < -0.39 is 23.6 Å². The standard InChI is InChI=1S/C7H2F7N2/c8-5(6(9,10)11,7(12,13)14)4-1-15-3-16-2-4/h1-2H. The molecule has 0 amide bonds. The fourth-order valence-corrected chi connectivity index (χ4v) is 0.929. The molecule has 0 aliphatic carbocycles. The van der Waals surface area contributed by atoms with E-state index in [-0.39, 0.29) is 12.4 Å². The molecule has 1 rings (SSSR count). The maximum atomic E-state index is 13.2. The van der Waals surface area contributed by atoms with Gasteiger partial charge in [-0.3, -0.25) is 0 Å². The SMILES string of the molecule is FC(F)(F)C(F)(c1cn[c]nc1)C(F)(F)F. The van der Waals surface area contributed by atoms with E-state index in [0.29, 0.717) is 0 Å². The molecule has 0 fully saturated rings. The Bertz CT molecular complexity index is 341. The third-order valence-electron chi connectivity index (χ3n) is 1.70. The van der Waals surface area contributed by atoms with Crippen molar-refractivity contribution in [2.45, 2.75) is 18.0 Å². The normalized spacial score (nSPS) is 13.9. The summed E-state index contributed by atoms with van der Waals surface area (Å²) in [5.41, 5.74) is -7.21. The quantitative estimate of drug-likeness (QED) is 0.713. The van der Waals surface area contributed by atoms with Gasteiger partial charge in [-0.05, 0) is 0 Å². The molecule has 89 valence electrons. The smallest absolute Gasteiger partial charge is 0.233 e. The first-order chi connectivity index (χ1) is 7.11. The van der Waals surface area contributed by atoms with Crippen molar-refractivity contribution in [1.29, 1.82) is 0 Å². The number of rotatable bonds is 1. The second-order valence-corrected chi connectivity index (χ2v) is 2.73. The van der Waals surface area contributed by atoms with E-state index in [4.69, 9.17) is 0 Å². The molecule has 0 aliphatic heterocycles. The number of nitrogens with zero attached hydrogens (tertiary/aromatic N) is 2. The van der Waals surface area contributed by atoms with Crippen molar-refractivity contribution in [3.8, 4) is 0 Å². The largest absolute Gasteiger partial charge is 0.436 e. The van der Waals surface area contributed by atoms with E-state index in [0.717, 1.165) is 0 Å². The Hall–Kier alpha value is -1.41. The number of hydrogen-bond acceptors (Lipinski definition) is 2. The summed E-state index contributed by atoms with van der Waals surface area (Å²) < 4.78 is 85.9. The van der Waals surface area contributed by atoms with E-state index in [1.54, 1.807) is 6.33 Å². The lowest BCUT2D eigenvalue weighted by Gasteiger charge is -2.29. The molecular formula is C7H2F7N2. The molecule has 16 heavy (non-hydrogen) atoms. The molecule has 0 unspecified atom stereocenters. The Balaban J connectivity index is 3.39. The predicted octanol–water partition coefficient (Wildman–Crippen LogP) is 2.57. The van der Waals surface area contributed by atoms with E-state index >= 15 is 0 Å². The number of alkyl halides is 7. The lowest BCUT2D eigenvalue weighted by Crippen LogP contribution is -2.50. The third kappa shape index (κ3) is 1.81. The molecule has 1 aromatic rings. The fourth-order valence-electron chi connectivity index (χ4n) is 0.929. The van der Waals surface area contributed by atoms with Crippen LogP contribution in [0.15, 0.2) is 12.4 Å². The average molecular weight is 247 g/mol. The molecule has 0 saturated heterocycles. The monoisotopic (exact) mass is 247 g/mol. The molecule has 1 heterocycles. The van der Waals surface area contributed by atoms with Crippen LogP contribution in [0, 0.1) is 6.33 Å².